The van der Waals surface area contributed by atoms with E-state index in [0.29, 0.717) is 11.8 Å². The highest BCUT2D eigenvalue weighted by Gasteiger charge is 2.37. The van der Waals surface area contributed by atoms with Gasteiger partial charge in [-0.3, -0.25) is 4.98 Å². The van der Waals surface area contributed by atoms with Gasteiger partial charge in [-0.2, -0.15) is 0 Å². The maximum absolute atomic E-state index is 4.87. The first kappa shape index (κ1) is 21.4. The average molecular weight is 514 g/mol. The summed E-state index contributed by atoms with van der Waals surface area (Å²) in [6.07, 6.45) is 22.8. The van der Waals surface area contributed by atoms with Crippen molar-refractivity contribution in [2.75, 3.05) is 0 Å². The summed E-state index contributed by atoms with van der Waals surface area (Å²) in [4.78, 5) is 4.87. The summed E-state index contributed by atoms with van der Waals surface area (Å²) in [7, 11) is 0. The fourth-order valence-corrected chi connectivity index (χ4v) is 7.95. The molecule has 2 atom stereocenters. The van der Waals surface area contributed by atoms with Gasteiger partial charge >= 0.3 is 0 Å². The van der Waals surface area contributed by atoms with Gasteiger partial charge in [-0.05, 0) is 62.8 Å². The Morgan fingerprint density at radius 2 is 1.41 bits per heavy atom. The number of allylic oxidation sites excluding steroid dienone is 14. The molecule has 4 aliphatic carbocycles. The zero-order valence-corrected chi connectivity index (χ0v) is 22.0. The minimum absolute atomic E-state index is 0.426. The van der Waals surface area contributed by atoms with Gasteiger partial charge in [0.2, 0.25) is 0 Å². The van der Waals surface area contributed by atoms with E-state index in [2.05, 4.69) is 121 Å². The van der Waals surface area contributed by atoms with Crippen molar-refractivity contribution in [3.05, 3.63) is 155 Å². The Morgan fingerprint density at radius 3 is 2.41 bits per heavy atom. The van der Waals surface area contributed by atoms with Gasteiger partial charge in [0.15, 0.2) is 0 Å². The van der Waals surface area contributed by atoms with Crippen LogP contribution in [0.5, 0.6) is 0 Å². The van der Waals surface area contributed by atoms with Gasteiger partial charge in [0.05, 0.1) is 10.2 Å². The van der Waals surface area contributed by atoms with Crippen molar-refractivity contribution in [2.24, 2.45) is 11.8 Å². The number of pyridine rings is 1. The molecule has 0 radical (unpaired) electrons. The van der Waals surface area contributed by atoms with Crippen molar-refractivity contribution in [1.82, 2.24) is 4.98 Å². The summed E-state index contributed by atoms with van der Waals surface area (Å²) < 4.78 is 2.56. The van der Waals surface area contributed by atoms with Gasteiger partial charge in [0.25, 0.3) is 0 Å². The predicted octanol–water partition coefficient (Wildman–Crippen LogP) is 9.76. The molecule has 0 fully saturated rings. The molecule has 2 aromatic heterocycles. The maximum atomic E-state index is 4.87. The second-order valence-electron chi connectivity index (χ2n) is 10.8. The summed E-state index contributed by atoms with van der Waals surface area (Å²) in [5, 5.41) is 3.86. The van der Waals surface area contributed by atoms with E-state index in [1.54, 1.807) is 0 Å². The highest BCUT2D eigenvalue weighted by Crippen LogP contribution is 2.50. The van der Waals surface area contributed by atoms with Crippen LogP contribution in [0, 0.1) is 11.8 Å². The minimum atomic E-state index is 0.426. The molecule has 3 aromatic carbocycles. The molecule has 1 nitrogen and oxygen atoms in total. The van der Waals surface area contributed by atoms with E-state index in [0.717, 1.165) is 5.52 Å². The fraction of sp³-hybridized carbons (Fsp3) is 0.0541. The topological polar surface area (TPSA) is 12.9 Å². The van der Waals surface area contributed by atoms with E-state index in [-0.39, 0.29) is 0 Å². The van der Waals surface area contributed by atoms with E-state index in [1.165, 1.54) is 70.1 Å². The van der Waals surface area contributed by atoms with Gasteiger partial charge in [-0.15, -0.1) is 11.3 Å². The molecular weight excluding hydrogens is 490 g/mol. The van der Waals surface area contributed by atoms with E-state index >= 15 is 0 Å². The fourth-order valence-electron chi connectivity index (χ4n) is 6.86. The summed E-state index contributed by atoms with van der Waals surface area (Å²) >= 11 is 1.82. The quantitative estimate of drug-likeness (QED) is 0.229. The van der Waals surface area contributed by atoms with Gasteiger partial charge < -0.3 is 0 Å². The lowest BCUT2D eigenvalue weighted by Crippen LogP contribution is -2.28. The van der Waals surface area contributed by atoms with Crippen molar-refractivity contribution >= 4 is 48.0 Å². The third kappa shape index (κ3) is 3.16. The van der Waals surface area contributed by atoms with E-state index < -0.39 is 0 Å². The van der Waals surface area contributed by atoms with Crippen molar-refractivity contribution in [3.63, 3.8) is 0 Å². The van der Waals surface area contributed by atoms with Crippen LogP contribution < -0.4 is 0 Å². The summed E-state index contributed by atoms with van der Waals surface area (Å²) in [5.74, 6) is 0.877. The Balaban J connectivity index is 1.14. The van der Waals surface area contributed by atoms with E-state index in [9.17, 15) is 0 Å². The number of thiophene rings is 1. The van der Waals surface area contributed by atoms with Crippen LogP contribution in [0.15, 0.2) is 150 Å². The number of hydrogen-bond acceptors (Lipinski definition) is 2. The number of rotatable bonds is 2. The van der Waals surface area contributed by atoms with Gasteiger partial charge in [-0.25, -0.2) is 0 Å². The van der Waals surface area contributed by atoms with Crippen LogP contribution in [-0.2, 0) is 0 Å². The monoisotopic (exact) mass is 513 g/mol. The molecule has 2 heterocycles. The van der Waals surface area contributed by atoms with Crippen molar-refractivity contribution in [3.8, 4) is 11.1 Å². The third-order valence-electron chi connectivity index (χ3n) is 8.67. The molecule has 4 aliphatic rings. The normalized spacial score (nSPS) is 20.9. The SMILES string of the molecule is C1=CC2=CC=C3C=C(c4cccc(-c5ccc6c(c5)ncc5sc7ccccc7c56)c4)C=C4C=CC(=C1)C2C34. The zero-order valence-electron chi connectivity index (χ0n) is 21.1. The lowest BCUT2D eigenvalue weighted by atomic mass is 9.64. The first-order valence-electron chi connectivity index (χ1n) is 13.5. The number of aromatic nitrogens is 1. The van der Waals surface area contributed by atoms with Crippen molar-refractivity contribution in [2.45, 2.75) is 0 Å². The zero-order chi connectivity index (χ0) is 25.5. The van der Waals surface area contributed by atoms with Crippen LogP contribution in [0.25, 0.3) is 47.8 Å². The highest BCUT2D eigenvalue weighted by molar-refractivity contribution is 7.26. The summed E-state index contributed by atoms with van der Waals surface area (Å²) in [5.41, 5.74) is 11.7. The molecule has 2 heteroatoms. The molecule has 0 spiro atoms. The van der Waals surface area contributed by atoms with Crippen LogP contribution in [0.2, 0.25) is 0 Å². The molecule has 182 valence electrons. The number of benzene rings is 3. The smallest absolute Gasteiger partial charge is 0.0715 e. The molecule has 0 saturated carbocycles. The molecule has 0 aliphatic heterocycles. The van der Waals surface area contributed by atoms with Gasteiger partial charge in [-0.1, -0.05) is 103 Å². The Labute approximate surface area is 230 Å². The molecule has 5 aromatic rings. The predicted molar refractivity (Wildman–Crippen MR) is 166 cm³/mol. The molecule has 0 N–H and O–H groups in total. The molecule has 0 amide bonds. The van der Waals surface area contributed by atoms with Crippen LogP contribution in [0.4, 0.5) is 0 Å². The van der Waals surface area contributed by atoms with Crippen molar-refractivity contribution in [1.29, 1.82) is 0 Å². The van der Waals surface area contributed by atoms with Crippen molar-refractivity contribution < 1.29 is 0 Å². The first-order chi connectivity index (χ1) is 19.3. The minimum Gasteiger partial charge on any atom is -0.255 e. The maximum Gasteiger partial charge on any atom is 0.0715 e. The molecule has 39 heavy (non-hydrogen) atoms. The third-order valence-corrected chi connectivity index (χ3v) is 9.77. The average Bonchev–Trinajstić information content (AvgIpc) is 3.39. The second kappa shape index (κ2) is 7.99. The first-order valence-corrected chi connectivity index (χ1v) is 14.3. The largest absolute Gasteiger partial charge is 0.255 e. The lowest BCUT2D eigenvalue weighted by Gasteiger charge is -2.40. The molecule has 9 rings (SSSR count). The van der Waals surface area contributed by atoms with E-state index in [1.807, 2.05) is 17.5 Å². The second-order valence-corrected chi connectivity index (χ2v) is 11.9. The van der Waals surface area contributed by atoms with Crippen LogP contribution in [-0.4, -0.2) is 4.98 Å². The standard InChI is InChI=1S/C37H23NS/c1-2-10-33-31(9-1)37-30-16-15-26(20-32(30)38-21-34(37)39-33)24-7-4-8-25(17-24)29-18-27-13-11-22-5-3-6-23-12-14-28(19-29)36(27)35(22)23/h1-21,35-36H. The highest BCUT2D eigenvalue weighted by atomic mass is 32.1. The Morgan fingerprint density at radius 1 is 0.590 bits per heavy atom. The Bertz CT molecular complexity index is 2120. The summed E-state index contributed by atoms with van der Waals surface area (Å²) in [6.45, 7) is 0. The number of fused-ring (bicyclic) bond motifs is 5. The Kier molecular flexibility index (Phi) is 4.38. The van der Waals surface area contributed by atoms with Gasteiger partial charge in [0.1, 0.15) is 0 Å². The van der Waals surface area contributed by atoms with Crippen LogP contribution in [0.1, 0.15) is 5.56 Å². The van der Waals surface area contributed by atoms with Crippen LogP contribution in [0.3, 0.4) is 0 Å². The molecule has 0 saturated heterocycles. The van der Waals surface area contributed by atoms with Gasteiger partial charge in [0, 0.05) is 38.9 Å². The van der Waals surface area contributed by atoms with E-state index in [4.69, 9.17) is 4.98 Å². The Hall–Kier alpha value is -4.53. The summed E-state index contributed by atoms with van der Waals surface area (Å²) in [6, 6.07) is 24.4. The lowest BCUT2D eigenvalue weighted by molar-refractivity contribution is 0.565. The van der Waals surface area contributed by atoms with Crippen LogP contribution >= 0.6 is 11.3 Å². The molecule has 0 bridgehead atoms. The number of nitrogens with zero attached hydrogens (tertiary/aromatic N) is 1. The number of hydrogen-bond donors (Lipinski definition) is 0. The molecular formula is C37H23NS. The molecule has 2 unspecified atom stereocenters.